The number of hydrogen-bond donors (Lipinski definition) is 3. The Balaban J connectivity index is 2.24. The maximum Gasteiger partial charge on any atom is 0.348 e. The number of hydrogen-bond acceptors (Lipinski definition) is 7. The van der Waals surface area contributed by atoms with Gasteiger partial charge < -0.3 is 19.7 Å². The number of phenols is 3. The van der Waals surface area contributed by atoms with Crippen molar-refractivity contribution < 1.29 is 29.3 Å². The Morgan fingerprint density at radius 1 is 0.862 bits per heavy atom. The molecule has 0 aliphatic heterocycles. The van der Waals surface area contributed by atoms with Crippen LogP contribution in [0.2, 0.25) is 0 Å². The average molecular weight is 390 g/mol. The highest BCUT2D eigenvalue weighted by atomic mass is 16.4. The minimum absolute atomic E-state index is 0.0166. The van der Waals surface area contributed by atoms with Crippen LogP contribution in [0.25, 0.3) is 21.7 Å². The topological polar surface area (TPSA) is 125 Å². The molecule has 0 saturated heterocycles. The third kappa shape index (κ3) is 2.80. The largest absolute Gasteiger partial charge is 0.508 e. The smallest absolute Gasteiger partial charge is 0.348 e. The Morgan fingerprint density at radius 3 is 2.28 bits per heavy atom. The van der Waals surface area contributed by atoms with Crippen LogP contribution in [0.1, 0.15) is 33.2 Å². The van der Waals surface area contributed by atoms with Gasteiger partial charge in [0.05, 0.1) is 11.1 Å². The molecule has 7 nitrogen and oxygen atoms in total. The van der Waals surface area contributed by atoms with Gasteiger partial charge in [-0.3, -0.25) is 9.59 Å². The zero-order chi connectivity index (χ0) is 20.9. The van der Waals surface area contributed by atoms with Crippen LogP contribution in [0.5, 0.6) is 17.2 Å². The number of para-hydroxylation sites is 1. The molecule has 7 heteroatoms. The summed E-state index contributed by atoms with van der Waals surface area (Å²) in [5.74, 6) is -2.26. The van der Waals surface area contributed by atoms with Gasteiger partial charge in [0.15, 0.2) is 11.6 Å². The molecule has 0 aliphatic carbocycles. The van der Waals surface area contributed by atoms with Crippen LogP contribution in [0.4, 0.5) is 0 Å². The number of fused-ring (bicyclic) bond motifs is 3. The fourth-order valence-electron chi connectivity index (χ4n) is 3.36. The van der Waals surface area contributed by atoms with E-state index in [4.69, 9.17) is 4.42 Å². The van der Waals surface area contributed by atoms with Crippen LogP contribution in [0.15, 0.2) is 57.7 Å². The van der Waals surface area contributed by atoms with Gasteiger partial charge in [0, 0.05) is 16.3 Å². The minimum atomic E-state index is -0.940. The SMILES string of the molecule is CC(=O)c1cc(C(=O)c2ccccc2O)c2c(c1O)c(=O)oc1ccc(O)cc12. The number of benzene rings is 3. The van der Waals surface area contributed by atoms with E-state index in [1.807, 2.05) is 0 Å². The van der Waals surface area contributed by atoms with Crippen molar-refractivity contribution in [1.82, 2.24) is 0 Å². The number of ketones is 2. The molecule has 0 atom stereocenters. The lowest BCUT2D eigenvalue weighted by Crippen LogP contribution is -2.10. The van der Waals surface area contributed by atoms with Crippen LogP contribution in [-0.4, -0.2) is 26.9 Å². The molecular formula is C22H14O7. The maximum absolute atomic E-state index is 13.3. The molecule has 0 bridgehead atoms. The molecule has 0 amide bonds. The molecule has 0 spiro atoms. The van der Waals surface area contributed by atoms with Crippen molar-refractivity contribution in [3.8, 4) is 17.2 Å². The lowest BCUT2D eigenvalue weighted by Gasteiger charge is -2.13. The number of Topliss-reactive ketones (excluding diaryl/α,β-unsaturated/α-hetero) is 1. The number of carbonyl (C=O) groups excluding carboxylic acids is 2. The van der Waals surface area contributed by atoms with Gasteiger partial charge in [0.1, 0.15) is 28.2 Å². The third-order valence-corrected chi connectivity index (χ3v) is 4.71. The maximum atomic E-state index is 13.3. The zero-order valence-electron chi connectivity index (χ0n) is 15.1. The van der Waals surface area contributed by atoms with E-state index in [0.717, 1.165) is 0 Å². The first kappa shape index (κ1) is 18.2. The average Bonchev–Trinajstić information content (AvgIpc) is 2.68. The van der Waals surface area contributed by atoms with E-state index in [1.165, 1.54) is 43.3 Å². The second kappa shape index (κ2) is 6.49. The van der Waals surface area contributed by atoms with E-state index < -0.39 is 22.9 Å². The lowest BCUT2D eigenvalue weighted by atomic mass is 9.91. The Hall–Kier alpha value is -4.13. The van der Waals surface area contributed by atoms with E-state index in [0.29, 0.717) is 0 Å². The lowest BCUT2D eigenvalue weighted by molar-refractivity contribution is 0.101. The van der Waals surface area contributed by atoms with E-state index in [-0.39, 0.29) is 49.9 Å². The van der Waals surface area contributed by atoms with Crippen molar-refractivity contribution in [1.29, 1.82) is 0 Å². The highest BCUT2D eigenvalue weighted by Gasteiger charge is 2.25. The molecule has 3 aromatic carbocycles. The van der Waals surface area contributed by atoms with Gasteiger partial charge in [-0.15, -0.1) is 0 Å². The number of phenolic OH excluding ortho intramolecular Hbond substituents is 3. The molecule has 0 fully saturated rings. The van der Waals surface area contributed by atoms with Crippen molar-refractivity contribution in [2.24, 2.45) is 0 Å². The summed E-state index contributed by atoms with van der Waals surface area (Å²) in [5, 5.41) is 30.4. The fraction of sp³-hybridized carbons (Fsp3) is 0.0455. The van der Waals surface area contributed by atoms with Crippen molar-refractivity contribution in [3.05, 3.63) is 75.6 Å². The predicted octanol–water partition coefficient (Wildman–Crippen LogP) is 3.50. The Morgan fingerprint density at radius 2 is 1.59 bits per heavy atom. The molecule has 0 saturated carbocycles. The van der Waals surface area contributed by atoms with Gasteiger partial charge in [-0.25, -0.2) is 4.79 Å². The molecule has 1 heterocycles. The molecule has 1 aromatic heterocycles. The van der Waals surface area contributed by atoms with Gasteiger partial charge in [-0.05, 0) is 43.3 Å². The second-order valence-corrected chi connectivity index (χ2v) is 6.54. The van der Waals surface area contributed by atoms with Crippen LogP contribution in [0, 0.1) is 0 Å². The van der Waals surface area contributed by atoms with Gasteiger partial charge in [0.25, 0.3) is 0 Å². The first-order chi connectivity index (χ1) is 13.8. The predicted molar refractivity (Wildman–Crippen MR) is 105 cm³/mol. The molecule has 144 valence electrons. The summed E-state index contributed by atoms with van der Waals surface area (Å²) in [6.07, 6.45) is 0. The molecule has 3 N–H and O–H groups in total. The fourth-order valence-corrected chi connectivity index (χ4v) is 3.36. The van der Waals surface area contributed by atoms with E-state index in [2.05, 4.69) is 0 Å². The molecule has 0 radical (unpaired) electrons. The highest BCUT2D eigenvalue weighted by molar-refractivity contribution is 6.25. The molecule has 4 rings (SSSR count). The van der Waals surface area contributed by atoms with Crippen LogP contribution >= 0.6 is 0 Å². The van der Waals surface area contributed by atoms with E-state index in [1.54, 1.807) is 12.1 Å². The number of carbonyl (C=O) groups is 2. The summed E-state index contributed by atoms with van der Waals surface area (Å²) in [4.78, 5) is 37.9. The number of rotatable bonds is 3. The Kier molecular flexibility index (Phi) is 4.08. The van der Waals surface area contributed by atoms with Gasteiger partial charge >= 0.3 is 5.63 Å². The van der Waals surface area contributed by atoms with Crippen LogP contribution in [-0.2, 0) is 0 Å². The first-order valence-electron chi connectivity index (χ1n) is 8.58. The summed E-state index contributed by atoms with van der Waals surface area (Å²) in [7, 11) is 0. The van der Waals surface area contributed by atoms with Gasteiger partial charge in [-0.2, -0.15) is 0 Å². The quantitative estimate of drug-likeness (QED) is 0.278. The van der Waals surface area contributed by atoms with Crippen LogP contribution in [0.3, 0.4) is 0 Å². The number of aromatic hydroxyl groups is 3. The summed E-state index contributed by atoms with van der Waals surface area (Å²) in [6.45, 7) is 1.18. The van der Waals surface area contributed by atoms with Gasteiger partial charge in [0.2, 0.25) is 0 Å². The van der Waals surface area contributed by atoms with E-state index in [9.17, 15) is 29.7 Å². The summed E-state index contributed by atoms with van der Waals surface area (Å²) >= 11 is 0. The summed E-state index contributed by atoms with van der Waals surface area (Å²) in [6, 6.07) is 11.0. The summed E-state index contributed by atoms with van der Waals surface area (Å²) in [5.41, 5.74) is -1.22. The molecule has 0 aliphatic rings. The summed E-state index contributed by atoms with van der Waals surface area (Å²) < 4.78 is 5.21. The zero-order valence-corrected chi connectivity index (χ0v) is 15.1. The van der Waals surface area contributed by atoms with Crippen LogP contribution < -0.4 is 5.63 Å². The molecule has 29 heavy (non-hydrogen) atoms. The monoisotopic (exact) mass is 390 g/mol. The standard InChI is InChI=1S/C22H14O7/c1-10(23)13-9-15(20(26)12-4-2-3-5-16(12)25)18-14-8-11(24)6-7-17(14)29-22(28)19(18)21(13)27/h2-9,24-25,27H,1H3. The second-order valence-electron chi connectivity index (χ2n) is 6.54. The first-order valence-corrected chi connectivity index (χ1v) is 8.58. The molecule has 0 unspecified atom stereocenters. The Bertz CT molecular complexity index is 1400. The highest BCUT2D eigenvalue weighted by Crippen LogP contribution is 2.37. The van der Waals surface area contributed by atoms with Gasteiger partial charge in [-0.1, -0.05) is 12.1 Å². The van der Waals surface area contributed by atoms with Crippen molar-refractivity contribution in [2.45, 2.75) is 6.92 Å². The molecule has 4 aromatic rings. The molecular weight excluding hydrogens is 376 g/mol. The Labute approximate surface area is 163 Å². The van der Waals surface area contributed by atoms with Crippen molar-refractivity contribution in [3.63, 3.8) is 0 Å². The van der Waals surface area contributed by atoms with Crippen molar-refractivity contribution >= 4 is 33.3 Å². The van der Waals surface area contributed by atoms with E-state index >= 15 is 0 Å². The normalized spacial score (nSPS) is 11.1. The minimum Gasteiger partial charge on any atom is -0.508 e. The third-order valence-electron chi connectivity index (χ3n) is 4.71. The van der Waals surface area contributed by atoms with Crippen molar-refractivity contribution in [2.75, 3.05) is 0 Å².